The molecular weight excluding hydrogens is 154 g/mol. The van der Waals surface area contributed by atoms with Crippen molar-refractivity contribution < 1.29 is 4.79 Å². The lowest BCUT2D eigenvalue weighted by Crippen LogP contribution is -2.40. The zero-order chi connectivity index (χ0) is 9.40. The van der Waals surface area contributed by atoms with E-state index in [9.17, 15) is 4.79 Å². The minimum absolute atomic E-state index is 0.136. The van der Waals surface area contributed by atoms with Crippen molar-refractivity contribution in [3.63, 3.8) is 0 Å². The minimum Gasteiger partial charge on any atom is -0.355 e. The molecule has 4 nitrogen and oxygen atoms in total. The summed E-state index contributed by atoms with van der Waals surface area (Å²) in [7, 11) is 0. The van der Waals surface area contributed by atoms with Crippen LogP contribution in [-0.4, -0.2) is 25.0 Å². The molecule has 0 spiro atoms. The van der Waals surface area contributed by atoms with Gasteiger partial charge in [0.15, 0.2) is 0 Å². The van der Waals surface area contributed by atoms with E-state index in [4.69, 9.17) is 11.5 Å². The lowest BCUT2D eigenvalue weighted by Gasteiger charge is -2.09. The second-order valence-corrected chi connectivity index (χ2v) is 2.56. The van der Waals surface area contributed by atoms with Crippen LogP contribution in [0.5, 0.6) is 0 Å². The van der Waals surface area contributed by atoms with Crippen LogP contribution in [0.4, 0.5) is 0 Å². The van der Waals surface area contributed by atoms with Crippen LogP contribution < -0.4 is 16.8 Å². The summed E-state index contributed by atoms with van der Waals surface area (Å²) in [6.45, 7) is 4.68. The zero-order valence-electron chi connectivity index (χ0n) is 7.25. The third-order valence-corrected chi connectivity index (χ3v) is 1.44. The van der Waals surface area contributed by atoms with Gasteiger partial charge in [0.25, 0.3) is 0 Å². The number of carbonyl (C=O) groups is 1. The van der Waals surface area contributed by atoms with Gasteiger partial charge in [-0.25, -0.2) is 0 Å². The largest absolute Gasteiger partial charge is 0.355 e. The van der Waals surface area contributed by atoms with Gasteiger partial charge < -0.3 is 16.8 Å². The molecule has 0 aliphatic heterocycles. The van der Waals surface area contributed by atoms with Gasteiger partial charge in [-0.15, -0.1) is 6.58 Å². The summed E-state index contributed by atoms with van der Waals surface area (Å²) in [6.07, 6.45) is 2.92. The minimum atomic E-state index is -0.472. The lowest BCUT2D eigenvalue weighted by atomic mass is 10.2. The van der Waals surface area contributed by atoms with Crippen LogP contribution in [0, 0.1) is 0 Å². The van der Waals surface area contributed by atoms with Gasteiger partial charge in [-0.3, -0.25) is 4.79 Å². The van der Waals surface area contributed by atoms with E-state index in [1.165, 1.54) is 0 Å². The highest BCUT2D eigenvalue weighted by molar-refractivity contribution is 5.81. The van der Waals surface area contributed by atoms with E-state index in [1.807, 2.05) is 0 Å². The molecule has 4 heteroatoms. The average molecular weight is 171 g/mol. The molecule has 0 aliphatic carbocycles. The Morgan fingerprint density at radius 2 is 2.33 bits per heavy atom. The highest BCUT2D eigenvalue weighted by Crippen LogP contribution is 1.88. The van der Waals surface area contributed by atoms with Crippen LogP contribution in [-0.2, 0) is 4.79 Å². The first-order valence-corrected chi connectivity index (χ1v) is 4.06. The van der Waals surface area contributed by atoms with E-state index in [0.717, 1.165) is 6.42 Å². The predicted molar refractivity (Wildman–Crippen MR) is 49.5 cm³/mol. The summed E-state index contributed by atoms with van der Waals surface area (Å²) in [5.74, 6) is -0.136. The highest BCUT2D eigenvalue weighted by Gasteiger charge is 2.09. The molecule has 1 atom stereocenters. The summed E-state index contributed by atoms with van der Waals surface area (Å²) in [5.41, 5.74) is 10.7. The van der Waals surface area contributed by atoms with Crippen LogP contribution >= 0.6 is 0 Å². The summed E-state index contributed by atoms with van der Waals surface area (Å²) < 4.78 is 0. The Labute approximate surface area is 73.0 Å². The molecule has 0 aromatic heterocycles. The Bertz CT molecular complexity index is 147. The highest BCUT2D eigenvalue weighted by atomic mass is 16.2. The smallest absolute Gasteiger partial charge is 0.237 e. The molecule has 0 fully saturated rings. The molecular formula is C8H17N3O. The molecule has 1 unspecified atom stereocenters. The maximum Gasteiger partial charge on any atom is 0.237 e. The average Bonchev–Trinajstić information content (AvgIpc) is 2.05. The lowest BCUT2D eigenvalue weighted by molar-refractivity contribution is -0.122. The third kappa shape index (κ3) is 4.87. The van der Waals surface area contributed by atoms with Crippen LogP contribution in [0.3, 0.4) is 0 Å². The molecule has 1 amide bonds. The van der Waals surface area contributed by atoms with E-state index in [1.54, 1.807) is 6.08 Å². The van der Waals surface area contributed by atoms with Gasteiger partial charge >= 0.3 is 0 Å². The molecule has 0 aromatic carbocycles. The fourth-order valence-corrected chi connectivity index (χ4v) is 0.731. The predicted octanol–water partition coefficient (Wildman–Crippen LogP) is -0.645. The Kier molecular flexibility index (Phi) is 6.32. The van der Waals surface area contributed by atoms with Gasteiger partial charge in [-0.1, -0.05) is 6.08 Å². The Hall–Kier alpha value is -0.870. The van der Waals surface area contributed by atoms with Crippen molar-refractivity contribution in [3.8, 4) is 0 Å². The number of hydrogen-bond donors (Lipinski definition) is 3. The van der Waals surface area contributed by atoms with Gasteiger partial charge in [0.1, 0.15) is 0 Å². The standard InChI is InChI=1S/C8H17N3O/c1-2-4-7(10)8(12)11-6-3-5-9/h2,7H,1,3-6,9-10H2,(H,11,12). The molecule has 0 rings (SSSR count). The number of nitrogens with one attached hydrogen (secondary N) is 1. The monoisotopic (exact) mass is 171 g/mol. The quantitative estimate of drug-likeness (QED) is 0.367. The first kappa shape index (κ1) is 11.1. The number of rotatable bonds is 6. The van der Waals surface area contributed by atoms with Crippen molar-refractivity contribution in [1.82, 2.24) is 5.32 Å². The Morgan fingerprint density at radius 1 is 1.67 bits per heavy atom. The van der Waals surface area contributed by atoms with Gasteiger partial charge in [0, 0.05) is 6.54 Å². The van der Waals surface area contributed by atoms with Gasteiger partial charge in [0.2, 0.25) is 5.91 Å². The van der Waals surface area contributed by atoms with E-state index in [0.29, 0.717) is 19.5 Å². The van der Waals surface area contributed by atoms with E-state index < -0.39 is 6.04 Å². The first-order valence-electron chi connectivity index (χ1n) is 4.06. The van der Waals surface area contributed by atoms with Gasteiger partial charge in [-0.05, 0) is 19.4 Å². The molecule has 5 N–H and O–H groups in total. The molecule has 0 aliphatic rings. The maximum atomic E-state index is 11.1. The Morgan fingerprint density at radius 3 is 2.83 bits per heavy atom. The van der Waals surface area contributed by atoms with E-state index in [2.05, 4.69) is 11.9 Å². The molecule has 0 bridgehead atoms. The van der Waals surface area contributed by atoms with Gasteiger partial charge in [-0.2, -0.15) is 0 Å². The number of hydrogen-bond acceptors (Lipinski definition) is 3. The summed E-state index contributed by atoms with van der Waals surface area (Å²) >= 11 is 0. The summed E-state index contributed by atoms with van der Waals surface area (Å²) in [4.78, 5) is 11.1. The Balaban J connectivity index is 3.49. The molecule has 0 radical (unpaired) electrons. The molecule has 0 aromatic rings. The van der Waals surface area contributed by atoms with Crippen molar-refractivity contribution in [2.24, 2.45) is 11.5 Å². The molecule has 0 saturated carbocycles. The number of carbonyl (C=O) groups excluding carboxylic acids is 1. The second-order valence-electron chi connectivity index (χ2n) is 2.56. The van der Waals surface area contributed by atoms with Crippen molar-refractivity contribution in [2.75, 3.05) is 13.1 Å². The van der Waals surface area contributed by atoms with Crippen molar-refractivity contribution in [3.05, 3.63) is 12.7 Å². The van der Waals surface area contributed by atoms with Crippen LogP contribution in [0.15, 0.2) is 12.7 Å². The van der Waals surface area contributed by atoms with Crippen LogP contribution in [0.25, 0.3) is 0 Å². The normalized spacial score (nSPS) is 12.2. The topological polar surface area (TPSA) is 81.1 Å². The van der Waals surface area contributed by atoms with Crippen LogP contribution in [0.1, 0.15) is 12.8 Å². The second kappa shape index (κ2) is 6.82. The number of amides is 1. The SMILES string of the molecule is C=CCC(N)C(=O)NCCCN. The van der Waals surface area contributed by atoms with Crippen LogP contribution in [0.2, 0.25) is 0 Å². The summed E-state index contributed by atoms with van der Waals surface area (Å²) in [6, 6.07) is -0.472. The van der Waals surface area contributed by atoms with Gasteiger partial charge in [0.05, 0.1) is 6.04 Å². The van der Waals surface area contributed by atoms with Crippen molar-refractivity contribution >= 4 is 5.91 Å². The van der Waals surface area contributed by atoms with E-state index in [-0.39, 0.29) is 5.91 Å². The zero-order valence-corrected chi connectivity index (χ0v) is 7.25. The maximum absolute atomic E-state index is 11.1. The molecule has 0 saturated heterocycles. The van der Waals surface area contributed by atoms with Crippen molar-refractivity contribution in [2.45, 2.75) is 18.9 Å². The molecule has 0 heterocycles. The molecule has 12 heavy (non-hydrogen) atoms. The van der Waals surface area contributed by atoms with E-state index >= 15 is 0 Å². The summed E-state index contributed by atoms with van der Waals surface area (Å²) in [5, 5.41) is 2.68. The third-order valence-electron chi connectivity index (χ3n) is 1.44. The first-order chi connectivity index (χ1) is 5.72. The molecule has 70 valence electrons. The van der Waals surface area contributed by atoms with Crippen molar-refractivity contribution in [1.29, 1.82) is 0 Å². The fourth-order valence-electron chi connectivity index (χ4n) is 0.731. The fraction of sp³-hybridized carbons (Fsp3) is 0.625. The number of nitrogens with two attached hydrogens (primary N) is 2.